The number of carbonyl (C=O) groups is 3. The van der Waals surface area contributed by atoms with Gasteiger partial charge in [0.2, 0.25) is 5.91 Å². The summed E-state index contributed by atoms with van der Waals surface area (Å²) in [6.45, 7) is 2.21. The summed E-state index contributed by atoms with van der Waals surface area (Å²) in [5, 5.41) is 8.61. The summed E-state index contributed by atoms with van der Waals surface area (Å²) in [5.74, 6) is -2.45. The zero-order valence-corrected chi connectivity index (χ0v) is 8.73. The summed E-state index contributed by atoms with van der Waals surface area (Å²) in [7, 11) is 0. The van der Waals surface area contributed by atoms with Gasteiger partial charge < -0.3 is 10.0 Å². The molecule has 5 nitrogen and oxygen atoms in total. The molecule has 1 N–H and O–H groups in total. The van der Waals surface area contributed by atoms with Crippen LogP contribution in [0.25, 0.3) is 0 Å². The second kappa shape index (κ2) is 4.91. The molecule has 15 heavy (non-hydrogen) atoms. The zero-order valence-electron chi connectivity index (χ0n) is 8.73. The van der Waals surface area contributed by atoms with Crippen molar-refractivity contribution in [1.29, 1.82) is 0 Å². The van der Waals surface area contributed by atoms with E-state index in [9.17, 15) is 14.4 Å². The molecule has 0 aromatic carbocycles. The first-order chi connectivity index (χ1) is 7.07. The molecule has 0 aliphatic carbocycles. The molecule has 1 amide bonds. The predicted molar refractivity (Wildman–Crippen MR) is 52.3 cm³/mol. The minimum atomic E-state index is -1.46. The van der Waals surface area contributed by atoms with Crippen LogP contribution in [0.3, 0.4) is 0 Å². The van der Waals surface area contributed by atoms with Gasteiger partial charge in [0.05, 0.1) is 0 Å². The van der Waals surface area contributed by atoms with Crippen LogP contribution in [0, 0.1) is 0 Å². The van der Waals surface area contributed by atoms with Gasteiger partial charge in [-0.1, -0.05) is 6.92 Å². The van der Waals surface area contributed by atoms with E-state index in [1.54, 1.807) is 6.92 Å². The van der Waals surface area contributed by atoms with Gasteiger partial charge in [-0.2, -0.15) is 0 Å². The Labute approximate surface area is 88.1 Å². The molecule has 1 aliphatic rings. The third kappa shape index (κ3) is 2.55. The number of nitrogens with zero attached hydrogens (tertiary/aromatic N) is 1. The molecule has 0 spiro atoms. The van der Waals surface area contributed by atoms with E-state index < -0.39 is 17.8 Å². The molecule has 5 heteroatoms. The lowest BCUT2D eigenvalue weighted by Crippen LogP contribution is -2.49. The maximum absolute atomic E-state index is 11.5. The minimum Gasteiger partial charge on any atom is -0.475 e. The van der Waals surface area contributed by atoms with Crippen molar-refractivity contribution in [2.45, 2.75) is 38.6 Å². The topological polar surface area (TPSA) is 74.7 Å². The van der Waals surface area contributed by atoms with Crippen molar-refractivity contribution in [3.63, 3.8) is 0 Å². The molecule has 1 heterocycles. The highest BCUT2D eigenvalue weighted by Crippen LogP contribution is 2.16. The van der Waals surface area contributed by atoms with Crippen molar-refractivity contribution < 1.29 is 19.5 Å². The number of aliphatic carboxylic acids is 1. The van der Waals surface area contributed by atoms with Crippen molar-refractivity contribution >= 4 is 17.7 Å². The fourth-order valence-corrected chi connectivity index (χ4v) is 1.85. The van der Waals surface area contributed by atoms with Crippen LogP contribution in [0.5, 0.6) is 0 Å². The van der Waals surface area contributed by atoms with Crippen LogP contribution in [-0.2, 0) is 14.4 Å². The fourth-order valence-electron chi connectivity index (χ4n) is 1.85. The Morgan fingerprint density at radius 3 is 2.60 bits per heavy atom. The van der Waals surface area contributed by atoms with Crippen molar-refractivity contribution in [2.75, 3.05) is 6.54 Å². The Balaban J connectivity index is 2.76. The smallest absolute Gasteiger partial charge is 0.374 e. The average molecular weight is 213 g/mol. The molecule has 1 aliphatic heterocycles. The molecular formula is C10H15NO4. The van der Waals surface area contributed by atoms with Gasteiger partial charge in [0, 0.05) is 13.0 Å². The van der Waals surface area contributed by atoms with E-state index in [2.05, 4.69) is 0 Å². The molecule has 0 aromatic heterocycles. The monoisotopic (exact) mass is 213 g/mol. The number of carbonyl (C=O) groups excluding carboxylic acids is 2. The standard InChI is InChI=1S/C10H15NO4/c1-2-7(9(13)10(14)15)11-6-4-3-5-8(11)12/h7H,2-6H2,1H3,(H,14,15). The van der Waals surface area contributed by atoms with Crippen molar-refractivity contribution in [3.05, 3.63) is 0 Å². The number of amides is 1. The van der Waals surface area contributed by atoms with Crippen molar-refractivity contribution in [2.24, 2.45) is 0 Å². The van der Waals surface area contributed by atoms with Gasteiger partial charge in [0.15, 0.2) is 0 Å². The molecule has 1 saturated heterocycles. The molecule has 1 fully saturated rings. The number of Topliss-reactive ketones (excluding diaryl/α,β-unsaturated/α-hetero) is 1. The van der Waals surface area contributed by atoms with Gasteiger partial charge in [-0.15, -0.1) is 0 Å². The highest BCUT2D eigenvalue weighted by molar-refractivity contribution is 6.35. The maximum atomic E-state index is 11.5. The second-order valence-electron chi connectivity index (χ2n) is 3.64. The number of hydrogen-bond acceptors (Lipinski definition) is 3. The van der Waals surface area contributed by atoms with Crippen LogP contribution in [-0.4, -0.2) is 40.3 Å². The number of ketones is 1. The first-order valence-corrected chi connectivity index (χ1v) is 5.14. The van der Waals surface area contributed by atoms with Crippen LogP contribution in [0.15, 0.2) is 0 Å². The van der Waals surface area contributed by atoms with Crippen LogP contribution in [0.1, 0.15) is 32.6 Å². The predicted octanol–water partition coefficient (Wildman–Crippen LogP) is 0.431. The molecule has 0 saturated carbocycles. The second-order valence-corrected chi connectivity index (χ2v) is 3.64. The van der Waals surface area contributed by atoms with Gasteiger partial charge in [-0.25, -0.2) is 4.79 Å². The summed E-state index contributed by atoms with van der Waals surface area (Å²) in [4.78, 5) is 34.8. The van der Waals surface area contributed by atoms with E-state index in [0.29, 0.717) is 19.4 Å². The van der Waals surface area contributed by atoms with E-state index >= 15 is 0 Å². The summed E-state index contributed by atoms with van der Waals surface area (Å²) in [6, 6.07) is -0.782. The molecule has 0 radical (unpaired) electrons. The van der Waals surface area contributed by atoms with E-state index in [4.69, 9.17) is 5.11 Å². The number of hydrogen-bond donors (Lipinski definition) is 1. The largest absolute Gasteiger partial charge is 0.475 e. The summed E-state index contributed by atoms with van der Waals surface area (Å²) in [5.41, 5.74) is 0. The molecule has 0 aromatic rings. The van der Waals surface area contributed by atoms with Crippen LogP contribution in [0.2, 0.25) is 0 Å². The van der Waals surface area contributed by atoms with E-state index in [1.165, 1.54) is 4.90 Å². The third-order valence-electron chi connectivity index (χ3n) is 2.64. The number of carboxylic acids is 1. The van der Waals surface area contributed by atoms with Gasteiger partial charge in [-0.05, 0) is 19.3 Å². The summed E-state index contributed by atoms with van der Waals surface area (Å²) in [6.07, 6.45) is 2.45. The van der Waals surface area contributed by atoms with E-state index in [-0.39, 0.29) is 5.91 Å². The van der Waals surface area contributed by atoms with Crippen LogP contribution < -0.4 is 0 Å². The normalized spacial score (nSPS) is 18.7. The van der Waals surface area contributed by atoms with Gasteiger partial charge in [0.25, 0.3) is 5.78 Å². The first-order valence-electron chi connectivity index (χ1n) is 5.14. The van der Waals surface area contributed by atoms with Gasteiger partial charge >= 0.3 is 5.97 Å². The Bertz CT molecular complexity index is 287. The van der Waals surface area contributed by atoms with Gasteiger partial charge in [-0.3, -0.25) is 9.59 Å². The van der Waals surface area contributed by atoms with Gasteiger partial charge in [0.1, 0.15) is 6.04 Å². The minimum absolute atomic E-state index is 0.109. The summed E-state index contributed by atoms with van der Waals surface area (Å²) >= 11 is 0. The zero-order chi connectivity index (χ0) is 11.4. The SMILES string of the molecule is CCC(C(=O)C(=O)O)N1CCCCC1=O. The number of rotatable bonds is 4. The van der Waals surface area contributed by atoms with Crippen LogP contribution in [0.4, 0.5) is 0 Å². The highest BCUT2D eigenvalue weighted by atomic mass is 16.4. The third-order valence-corrected chi connectivity index (χ3v) is 2.64. The lowest BCUT2D eigenvalue weighted by molar-refractivity contribution is -0.154. The Hall–Kier alpha value is -1.39. The van der Waals surface area contributed by atoms with Crippen LogP contribution >= 0.6 is 0 Å². The molecule has 1 atom stereocenters. The lowest BCUT2D eigenvalue weighted by atomic mass is 10.0. The Morgan fingerprint density at radius 2 is 2.13 bits per heavy atom. The molecule has 1 unspecified atom stereocenters. The number of likely N-dealkylation sites (tertiary alicyclic amines) is 1. The highest BCUT2D eigenvalue weighted by Gasteiger charge is 2.33. The number of piperidine rings is 1. The molecular weight excluding hydrogens is 198 g/mol. The van der Waals surface area contributed by atoms with Crippen molar-refractivity contribution in [1.82, 2.24) is 4.90 Å². The fraction of sp³-hybridized carbons (Fsp3) is 0.700. The average Bonchev–Trinajstić information content (AvgIpc) is 2.21. The van der Waals surface area contributed by atoms with E-state index in [0.717, 1.165) is 12.8 Å². The summed E-state index contributed by atoms with van der Waals surface area (Å²) < 4.78 is 0. The number of carboxylic acid groups (broad SMARTS) is 1. The first kappa shape index (κ1) is 11.7. The van der Waals surface area contributed by atoms with E-state index in [1.807, 2.05) is 0 Å². The van der Waals surface area contributed by atoms with Crippen molar-refractivity contribution in [3.8, 4) is 0 Å². The maximum Gasteiger partial charge on any atom is 0.374 e. The Kier molecular flexibility index (Phi) is 3.82. The molecule has 0 bridgehead atoms. The quantitative estimate of drug-likeness (QED) is 0.687. The lowest BCUT2D eigenvalue weighted by Gasteiger charge is -2.32. The molecule has 1 rings (SSSR count). The Morgan fingerprint density at radius 1 is 1.47 bits per heavy atom. The molecule has 84 valence electrons.